The lowest BCUT2D eigenvalue weighted by Crippen LogP contribution is -2.38. The summed E-state index contributed by atoms with van der Waals surface area (Å²) < 4.78 is 26.6. The van der Waals surface area contributed by atoms with Gasteiger partial charge in [0.15, 0.2) is 0 Å². The zero-order valence-corrected chi connectivity index (χ0v) is 16.1. The summed E-state index contributed by atoms with van der Waals surface area (Å²) in [5.41, 5.74) is 2.22. The molecule has 1 aromatic heterocycles. The third-order valence-corrected chi connectivity index (χ3v) is 5.95. The normalized spacial score (nSPS) is 11.8. The van der Waals surface area contributed by atoms with Gasteiger partial charge in [-0.25, -0.2) is 13.4 Å². The van der Waals surface area contributed by atoms with Gasteiger partial charge in [0.25, 0.3) is 0 Å². The van der Waals surface area contributed by atoms with Crippen LogP contribution in [0.3, 0.4) is 0 Å². The number of H-pyrrole nitrogens is 1. The number of carbonyl (C=O) groups is 1. The highest BCUT2D eigenvalue weighted by Gasteiger charge is 2.23. The van der Waals surface area contributed by atoms with Crippen molar-refractivity contribution in [3.63, 3.8) is 0 Å². The van der Waals surface area contributed by atoms with E-state index in [2.05, 4.69) is 15.3 Å². The molecule has 0 fully saturated rings. The van der Waals surface area contributed by atoms with Gasteiger partial charge in [-0.2, -0.15) is 4.31 Å². The van der Waals surface area contributed by atoms with E-state index in [4.69, 9.17) is 0 Å². The Labute approximate surface area is 158 Å². The molecular formula is C19H22N4O3S. The summed E-state index contributed by atoms with van der Waals surface area (Å²) in [4.78, 5) is 19.6. The van der Waals surface area contributed by atoms with Crippen LogP contribution in [-0.4, -0.2) is 48.7 Å². The van der Waals surface area contributed by atoms with Gasteiger partial charge in [0, 0.05) is 19.2 Å². The molecule has 27 heavy (non-hydrogen) atoms. The molecule has 0 saturated heterocycles. The topological polar surface area (TPSA) is 95.2 Å². The summed E-state index contributed by atoms with van der Waals surface area (Å²) in [5, 5.41) is 2.68. The Morgan fingerprint density at radius 1 is 1.19 bits per heavy atom. The van der Waals surface area contributed by atoms with E-state index in [0.29, 0.717) is 23.4 Å². The Balaban J connectivity index is 1.86. The molecule has 0 aliphatic carbocycles. The number of nitrogens with zero attached hydrogens (tertiary/aromatic N) is 2. The van der Waals surface area contributed by atoms with Gasteiger partial charge in [0.05, 0.1) is 22.5 Å². The summed E-state index contributed by atoms with van der Waals surface area (Å²) in [6, 6.07) is 14.3. The van der Waals surface area contributed by atoms with Gasteiger partial charge in [0.1, 0.15) is 5.82 Å². The van der Waals surface area contributed by atoms with Gasteiger partial charge in [-0.3, -0.25) is 4.79 Å². The van der Waals surface area contributed by atoms with E-state index in [-0.39, 0.29) is 17.3 Å². The van der Waals surface area contributed by atoms with Crippen LogP contribution in [0.1, 0.15) is 13.3 Å². The van der Waals surface area contributed by atoms with Crippen LogP contribution in [0, 0.1) is 0 Å². The van der Waals surface area contributed by atoms with Crippen LogP contribution in [0.4, 0.5) is 0 Å². The number of rotatable bonds is 7. The maximum atomic E-state index is 12.8. The first kappa shape index (κ1) is 19.1. The smallest absolute Gasteiger partial charge is 0.243 e. The second-order valence-electron chi connectivity index (χ2n) is 6.24. The molecule has 2 aromatic carbocycles. The number of aromatic amines is 1. The van der Waals surface area contributed by atoms with E-state index in [1.165, 1.54) is 13.1 Å². The van der Waals surface area contributed by atoms with Gasteiger partial charge in [-0.05, 0) is 24.6 Å². The van der Waals surface area contributed by atoms with E-state index >= 15 is 0 Å². The minimum Gasteiger partial charge on any atom is -0.355 e. The van der Waals surface area contributed by atoms with Gasteiger partial charge >= 0.3 is 0 Å². The molecule has 2 N–H and O–H groups in total. The summed E-state index contributed by atoms with van der Waals surface area (Å²) in [5.74, 6) is 0.351. The highest BCUT2D eigenvalue weighted by Crippen LogP contribution is 2.23. The monoisotopic (exact) mass is 386 g/mol. The van der Waals surface area contributed by atoms with Gasteiger partial charge in [-0.15, -0.1) is 0 Å². The fourth-order valence-electron chi connectivity index (χ4n) is 2.67. The maximum absolute atomic E-state index is 12.8. The summed E-state index contributed by atoms with van der Waals surface area (Å²) >= 11 is 0. The predicted octanol–water partition coefficient (Wildman–Crippen LogP) is 2.38. The molecule has 0 aliphatic heterocycles. The van der Waals surface area contributed by atoms with Crippen LogP contribution in [-0.2, 0) is 14.8 Å². The van der Waals surface area contributed by atoms with E-state index in [1.54, 1.807) is 12.1 Å². The predicted molar refractivity (Wildman–Crippen MR) is 105 cm³/mol. The highest BCUT2D eigenvalue weighted by molar-refractivity contribution is 7.89. The number of aromatic nitrogens is 2. The Bertz CT molecular complexity index is 1050. The summed E-state index contributed by atoms with van der Waals surface area (Å²) in [7, 11) is -2.38. The highest BCUT2D eigenvalue weighted by atomic mass is 32.2. The lowest BCUT2D eigenvalue weighted by molar-refractivity contribution is -0.121. The minimum absolute atomic E-state index is 0.115. The molecule has 0 aliphatic rings. The molecule has 7 nitrogen and oxygen atoms in total. The SMILES string of the molecule is CCCNC(=O)CN(C)S(=O)(=O)c1ccc2nc(-c3ccccc3)[nH]c2c1. The van der Waals surface area contributed by atoms with Crippen LogP contribution in [0.15, 0.2) is 53.4 Å². The van der Waals surface area contributed by atoms with Crippen molar-refractivity contribution in [2.75, 3.05) is 20.1 Å². The second kappa shape index (κ2) is 7.89. The van der Waals surface area contributed by atoms with E-state index in [1.807, 2.05) is 37.3 Å². The molecule has 8 heteroatoms. The summed E-state index contributed by atoms with van der Waals surface area (Å²) in [6.45, 7) is 2.23. The molecule has 0 bridgehead atoms. The number of nitrogens with one attached hydrogen (secondary N) is 2. The Morgan fingerprint density at radius 3 is 2.63 bits per heavy atom. The van der Waals surface area contributed by atoms with Crippen LogP contribution in [0.25, 0.3) is 22.4 Å². The van der Waals surface area contributed by atoms with Gasteiger partial charge in [-0.1, -0.05) is 37.3 Å². The first-order valence-corrected chi connectivity index (χ1v) is 10.1. The Hall–Kier alpha value is -2.71. The molecular weight excluding hydrogens is 364 g/mol. The molecule has 142 valence electrons. The number of hydrogen-bond donors (Lipinski definition) is 2. The number of amides is 1. The van der Waals surface area contributed by atoms with Gasteiger partial charge < -0.3 is 10.3 Å². The third-order valence-electron chi connectivity index (χ3n) is 4.15. The fraction of sp³-hybridized carbons (Fsp3) is 0.263. The number of imidazole rings is 1. The average Bonchev–Trinajstić information content (AvgIpc) is 3.10. The average molecular weight is 386 g/mol. The molecule has 0 saturated carbocycles. The first-order valence-electron chi connectivity index (χ1n) is 8.70. The Morgan fingerprint density at radius 2 is 1.93 bits per heavy atom. The van der Waals surface area contributed by atoms with Crippen molar-refractivity contribution in [3.8, 4) is 11.4 Å². The number of sulfonamides is 1. The number of fused-ring (bicyclic) bond motifs is 1. The quantitative estimate of drug-likeness (QED) is 0.652. The molecule has 1 heterocycles. The van der Waals surface area contributed by atoms with E-state index < -0.39 is 10.0 Å². The molecule has 0 spiro atoms. The zero-order chi connectivity index (χ0) is 19.4. The van der Waals surface area contributed by atoms with Crippen LogP contribution in [0.5, 0.6) is 0 Å². The molecule has 3 rings (SSSR count). The van der Waals surface area contributed by atoms with Crippen molar-refractivity contribution in [1.29, 1.82) is 0 Å². The fourth-order valence-corrected chi connectivity index (χ4v) is 3.82. The standard InChI is InChI=1S/C19H22N4O3S/c1-3-11-20-18(24)13-23(2)27(25,26)15-9-10-16-17(12-15)22-19(21-16)14-7-5-4-6-8-14/h4-10,12H,3,11,13H2,1-2H3,(H,20,24)(H,21,22). The van der Waals surface area contributed by atoms with Crippen molar-refractivity contribution >= 4 is 27.0 Å². The minimum atomic E-state index is -3.78. The first-order chi connectivity index (χ1) is 12.9. The lowest BCUT2D eigenvalue weighted by Gasteiger charge is -2.16. The second-order valence-corrected chi connectivity index (χ2v) is 8.29. The number of benzene rings is 2. The molecule has 0 atom stereocenters. The van der Waals surface area contributed by atoms with Crippen molar-refractivity contribution in [3.05, 3.63) is 48.5 Å². The van der Waals surface area contributed by atoms with Crippen molar-refractivity contribution < 1.29 is 13.2 Å². The lowest BCUT2D eigenvalue weighted by atomic mass is 10.2. The maximum Gasteiger partial charge on any atom is 0.243 e. The van der Waals surface area contributed by atoms with Crippen molar-refractivity contribution in [1.82, 2.24) is 19.6 Å². The molecule has 0 unspecified atom stereocenters. The van der Waals surface area contributed by atoms with Crippen LogP contribution < -0.4 is 5.32 Å². The largest absolute Gasteiger partial charge is 0.355 e. The van der Waals surface area contributed by atoms with E-state index in [0.717, 1.165) is 16.3 Å². The molecule has 3 aromatic rings. The van der Waals surface area contributed by atoms with Crippen molar-refractivity contribution in [2.45, 2.75) is 18.2 Å². The number of carbonyl (C=O) groups excluding carboxylic acids is 1. The molecule has 0 radical (unpaired) electrons. The Kier molecular flexibility index (Phi) is 5.57. The third kappa shape index (κ3) is 4.17. The molecule has 1 amide bonds. The van der Waals surface area contributed by atoms with Crippen LogP contribution >= 0.6 is 0 Å². The number of hydrogen-bond acceptors (Lipinski definition) is 4. The number of likely N-dealkylation sites (N-methyl/N-ethyl adjacent to an activating group) is 1. The summed E-state index contributed by atoms with van der Waals surface area (Å²) in [6.07, 6.45) is 0.794. The van der Waals surface area contributed by atoms with Crippen molar-refractivity contribution in [2.24, 2.45) is 0 Å². The zero-order valence-electron chi connectivity index (χ0n) is 15.3. The van der Waals surface area contributed by atoms with Crippen LogP contribution in [0.2, 0.25) is 0 Å². The van der Waals surface area contributed by atoms with Gasteiger partial charge in [0.2, 0.25) is 15.9 Å². The van der Waals surface area contributed by atoms with E-state index in [9.17, 15) is 13.2 Å².